The van der Waals surface area contributed by atoms with Crippen molar-refractivity contribution in [2.75, 3.05) is 6.54 Å². The molecule has 0 radical (unpaired) electrons. The highest BCUT2D eigenvalue weighted by Gasteiger charge is 2.13. The van der Waals surface area contributed by atoms with Crippen molar-refractivity contribution in [1.29, 1.82) is 0 Å². The van der Waals surface area contributed by atoms with Crippen LogP contribution in [0.4, 0.5) is 0 Å². The van der Waals surface area contributed by atoms with Gasteiger partial charge in [0.25, 0.3) is 0 Å². The molecule has 1 heterocycles. The van der Waals surface area contributed by atoms with Gasteiger partial charge < -0.3 is 5.73 Å². The third-order valence-corrected chi connectivity index (χ3v) is 2.94. The Bertz CT molecular complexity index is 439. The Morgan fingerprint density at radius 2 is 2.12 bits per heavy atom. The van der Waals surface area contributed by atoms with Crippen LogP contribution in [0.1, 0.15) is 11.5 Å². The second-order valence-electron chi connectivity index (χ2n) is 3.68. The summed E-state index contributed by atoms with van der Waals surface area (Å²) in [5.41, 5.74) is 6.88. The molecule has 0 saturated carbocycles. The molecular weight excluding hydrogens is 222 g/mol. The van der Waals surface area contributed by atoms with E-state index in [0.29, 0.717) is 6.54 Å². The maximum Gasteiger partial charge on any atom is 0.0490 e. The lowest BCUT2D eigenvalue weighted by atomic mass is 9.99. The van der Waals surface area contributed by atoms with E-state index in [-0.39, 0.29) is 5.92 Å². The standard InChI is InChI=1S/C12H14ClN3/c13-12-5-2-1-4-11(12)10(8-14)9-16-7-3-6-15-16/h1-7,10H,8-9,14H2. The van der Waals surface area contributed by atoms with Gasteiger partial charge in [-0.25, -0.2) is 0 Å². The van der Waals surface area contributed by atoms with Crippen LogP contribution in [-0.2, 0) is 6.54 Å². The number of nitrogens with two attached hydrogens (primary N) is 1. The Morgan fingerprint density at radius 3 is 2.75 bits per heavy atom. The Labute approximate surface area is 99.8 Å². The first-order valence-electron chi connectivity index (χ1n) is 5.23. The van der Waals surface area contributed by atoms with E-state index in [1.807, 2.05) is 41.2 Å². The fourth-order valence-electron chi connectivity index (χ4n) is 1.74. The van der Waals surface area contributed by atoms with Crippen LogP contribution in [0, 0.1) is 0 Å². The van der Waals surface area contributed by atoms with Gasteiger partial charge >= 0.3 is 0 Å². The van der Waals surface area contributed by atoms with Crippen molar-refractivity contribution < 1.29 is 0 Å². The Balaban J connectivity index is 2.20. The lowest BCUT2D eigenvalue weighted by molar-refractivity contribution is 0.521. The summed E-state index contributed by atoms with van der Waals surface area (Å²) in [4.78, 5) is 0. The molecule has 0 aliphatic carbocycles. The van der Waals surface area contributed by atoms with Crippen LogP contribution in [0.2, 0.25) is 5.02 Å². The lowest BCUT2D eigenvalue weighted by Crippen LogP contribution is -2.19. The number of rotatable bonds is 4. The van der Waals surface area contributed by atoms with Gasteiger partial charge in [-0.3, -0.25) is 4.68 Å². The minimum Gasteiger partial charge on any atom is -0.330 e. The summed E-state index contributed by atoms with van der Waals surface area (Å²) in [6.45, 7) is 1.32. The monoisotopic (exact) mass is 235 g/mol. The predicted octanol–water partition coefficient (Wildman–Crippen LogP) is 2.28. The first-order valence-corrected chi connectivity index (χ1v) is 5.61. The molecule has 3 nitrogen and oxygen atoms in total. The molecule has 0 amide bonds. The first-order chi connectivity index (χ1) is 7.81. The van der Waals surface area contributed by atoms with Crippen molar-refractivity contribution in [3.63, 3.8) is 0 Å². The summed E-state index contributed by atoms with van der Waals surface area (Å²) in [6.07, 6.45) is 3.69. The third-order valence-electron chi connectivity index (χ3n) is 2.60. The second kappa shape index (κ2) is 5.14. The average molecular weight is 236 g/mol. The zero-order valence-electron chi connectivity index (χ0n) is 8.88. The number of aromatic nitrogens is 2. The quantitative estimate of drug-likeness (QED) is 0.884. The molecule has 0 spiro atoms. The van der Waals surface area contributed by atoms with Gasteiger partial charge in [-0.05, 0) is 17.7 Å². The van der Waals surface area contributed by atoms with E-state index in [0.717, 1.165) is 17.1 Å². The molecule has 0 saturated heterocycles. The van der Waals surface area contributed by atoms with E-state index in [2.05, 4.69) is 5.10 Å². The largest absolute Gasteiger partial charge is 0.330 e. The summed E-state index contributed by atoms with van der Waals surface area (Å²) in [6, 6.07) is 9.71. The highest BCUT2D eigenvalue weighted by Crippen LogP contribution is 2.24. The van der Waals surface area contributed by atoms with E-state index < -0.39 is 0 Å². The van der Waals surface area contributed by atoms with Gasteiger partial charge in [-0.1, -0.05) is 29.8 Å². The van der Waals surface area contributed by atoms with Crippen molar-refractivity contribution >= 4 is 11.6 Å². The van der Waals surface area contributed by atoms with Crippen LogP contribution in [-0.4, -0.2) is 16.3 Å². The topological polar surface area (TPSA) is 43.8 Å². The molecule has 2 rings (SSSR count). The van der Waals surface area contributed by atoms with Crippen molar-refractivity contribution in [2.24, 2.45) is 5.73 Å². The van der Waals surface area contributed by atoms with Gasteiger partial charge in [0.1, 0.15) is 0 Å². The van der Waals surface area contributed by atoms with Crippen LogP contribution in [0.15, 0.2) is 42.7 Å². The molecule has 2 N–H and O–H groups in total. The van der Waals surface area contributed by atoms with Gasteiger partial charge in [0.2, 0.25) is 0 Å². The van der Waals surface area contributed by atoms with Crippen molar-refractivity contribution in [3.8, 4) is 0 Å². The summed E-state index contributed by atoms with van der Waals surface area (Å²) < 4.78 is 1.88. The molecule has 0 aliphatic heterocycles. The highest BCUT2D eigenvalue weighted by atomic mass is 35.5. The minimum absolute atomic E-state index is 0.202. The van der Waals surface area contributed by atoms with E-state index >= 15 is 0 Å². The molecule has 1 aromatic carbocycles. The van der Waals surface area contributed by atoms with Gasteiger partial charge in [0, 0.05) is 36.4 Å². The zero-order valence-corrected chi connectivity index (χ0v) is 9.64. The van der Waals surface area contributed by atoms with Crippen molar-refractivity contribution in [1.82, 2.24) is 9.78 Å². The van der Waals surface area contributed by atoms with Crippen LogP contribution < -0.4 is 5.73 Å². The Kier molecular flexibility index (Phi) is 3.59. The first kappa shape index (κ1) is 11.2. The number of benzene rings is 1. The SMILES string of the molecule is NCC(Cn1cccn1)c1ccccc1Cl. The number of hydrogen-bond donors (Lipinski definition) is 1. The van der Waals surface area contributed by atoms with Gasteiger partial charge in [-0.15, -0.1) is 0 Å². The van der Waals surface area contributed by atoms with Crippen LogP contribution in [0.5, 0.6) is 0 Å². The molecular formula is C12H14ClN3. The molecule has 0 fully saturated rings. The molecule has 16 heavy (non-hydrogen) atoms. The molecule has 2 aromatic rings. The zero-order chi connectivity index (χ0) is 11.4. The smallest absolute Gasteiger partial charge is 0.0490 e. The second-order valence-corrected chi connectivity index (χ2v) is 4.09. The molecule has 84 valence electrons. The van der Waals surface area contributed by atoms with Crippen LogP contribution in [0.25, 0.3) is 0 Å². The fourth-order valence-corrected chi connectivity index (χ4v) is 2.03. The van der Waals surface area contributed by atoms with E-state index in [1.165, 1.54) is 0 Å². The van der Waals surface area contributed by atoms with Crippen LogP contribution >= 0.6 is 11.6 Å². The van der Waals surface area contributed by atoms with Gasteiger partial charge in [0.15, 0.2) is 0 Å². The molecule has 1 aromatic heterocycles. The molecule has 0 bridgehead atoms. The maximum atomic E-state index is 6.15. The van der Waals surface area contributed by atoms with Gasteiger partial charge in [0.05, 0.1) is 0 Å². The van der Waals surface area contributed by atoms with Crippen LogP contribution in [0.3, 0.4) is 0 Å². The average Bonchev–Trinajstić information content (AvgIpc) is 2.80. The van der Waals surface area contributed by atoms with Gasteiger partial charge in [-0.2, -0.15) is 5.10 Å². The summed E-state index contributed by atoms with van der Waals surface area (Å²) in [7, 11) is 0. The minimum atomic E-state index is 0.202. The third kappa shape index (κ3) is 2.43. The molecule has 4 heteroatoms. The van der Waals surface area contributed by atoms with Crippen molar-refractivity contribution in [3.05, 3.63) is 53.3 Å². The number of nitrogens with zero attached hydrogens (tertiary/aromatic N) is 2. The number of halogens is 1. The van der Waals surface area contributed by atoms with E-state index in [9.17, 15) is 0 Å². The molecule has 0 aliphatic rings. The Hall–Kier alpha value is -1.32. The fraction of sp³-hybridized carbons (Fsp3) is 0.250. The highest BCUT2D eigenvalue weighted by molar-refractivity contribution is 6.31. The normalized spacial score (nSPS) is 12.6. The van der Waals surface area contributed by atoms with Crippen molar-refractivity contribution in [2.45, 2.75) is 12.5 Å². The maximum absolute atomic E-state index is 6.15. The molecule has 1 atom stereocenters. The molecule has 1 unspecified atom stereocenters. The summed E-state index contributed by atoms with van der Waals surface area (Å²) in [5, 5.41) is 4.95. The lowest BCUT2D eigenvalue weighted by Gasteiger charge is -2.16. The Morgan fingerprint density at radius 1 is 1.31 bits per heavy atom. The summed E-state index contributed by atoms with van der Waals surface area (Å²) >= 11 is 6.15. The van der Waals surface area contributed by atoms with E-state index in [4.69, 9.17) is 17.3 Å². The van der Waals surface area contributed by atoms with E-state index in [1.54, 1.807) is 6.20 Å². The number of hydrogen-bond acceptors (Lipinski definition) is 2. The summed E-state index contributed by atoms with van der Waals surface area (Å²) in [5.74, 6) is 0.202. The predicted molar refractivity (Wildman–Crippen MR) is 65.5 cm³/mol.